The van der Waals surface area contributed by atoms with E-state index in [-0.39, 0.29) is 30.5 Å². The van der Waals surface area contributed by atoms with Gasteiger partial charge in [0.25, 0.3) is 5.91 Å². The Labute approximate surface area is 144 Å². The molecule has 0 bridgehead atoms. The van der Waals surface area contributed by atoms with Crippen molar-refractivity contribution in [2.24, 2.45) is 5.73 Å². The molecule has 1 saturated carbocycles. The van der Waals surface area contributed by atoms with Crippen molar-refractivity contribution in [2.75, 3.05) is 13.7 Å². The van der Waals surface area contributed by atoms with Gasteiger partial charge in [-0.1, -0.05) is 0 Å². The number of hydrogen-bond acceptors (Lipinski definition) is 4. The molecule has 3 N–H and O–H groups in total. The smallest absolute Gasteiger partial charge is 0.251 e. The molecule has 23 heavy (non-hydrogen) atoms. The monoisotopic (exact) mass is 342 g/mol. The van der Waals surface area contributed by atoms with Crippen molar-refractivity contribution in [1.82, 2.24) is 5.32 Å². The second-order valence-corrected chi connectivity index (χ2v) is 5.91. The predicted molar refractivity (Wildman–Crippen MR) is 93.7 cm³/mol. The van der Waals surface area contributed by atoms with Crippen molar-refractivity contribution in [3.8, 4) is 11.5 Å². The van der Waals surface area contributed by atoms with Gasteiger partial charge in [0.15, 0.2) is 11.5 Å². The van der Waals surface area contributed by atoms with Crippen LogP contribution in [0.15, 0.2) is 18.2 Å². The second-order valence-electron chi connectivity index (χ2n) is 5.91. The molecule has 1 aliphatic rings. The summed E-state index contributed by atoms with van der Waals surface area (Å²) in [4.78, 5) is 12.1. The number of benzene rings is 1. The molecule has 0 radical (unpaired) electrons. The summed E-state index contributed by atoms with van der Waals surface area (Å²) < 4.78 is 11.3. The van der Waals surface area contributed by atoms with Crippen LogP contribution < -0.4 is 20.5 Å². The summed E-state index contributed by atoms with van der Waals surface area (Å²) in [5.41, 5.74) is 6.24. The second kappa shape index (κ2) is 9.63. The fraction of sp³-hybridized carbons (Fsp3) is 0.588. The lowest BCUT2D eigenvalue weighted by Gasteiger charge is -2.16. The van der Waals surface area contributed by atoms with E-state index >= 15 is 0 Å². The zero-order valence-electron chi connectivity index (χ0n) is 13.8. The van der Waals surface area contributed by atoms with Gasteiger partial charge in [-0.2, -0.15) is 0 Å². The number of carbonyl (C=O) groups is 1. The van der Waals surface area contributed by atoms with E-state index in [4.69, 9.17) is 15.2 Å². The lowest BCUT2D eigenvalue weighted by Crippen LogP contribution is -2.28. The third-order valence-electron chi connectivity index (χ3n) is 3.91. The van der Waals surface area contributed by atoms with Gasteiger partial charge < -0.3 is 20.5 Å². The molecule has 0 heterocycles. The van der Waals surface area contributed by atoms with E-state index in [1.54, 1.807) is 19.2 Å². The third-order valence-corrected chi connectivity index (χ3v) is 3.91. The maximum absolute atomic E-state index is 12.1. The molecular weight excluding hydrogens is 316 g/mol. The van der Waals surface area contributed by atoms with Crippen molar-refractivity contribution in [3.05, 3.63) is 23.8 Å². The molecule has 130 valence electrons. The molecule has 1 unspecified atom stereocenters. The molecule has 1 aliphatic carbocycles. The van der Waals surface area contributed by atoms with Crippen LogP contribution in [0.3, 0.4) is 0 Å². The number of rotatable bonds is 7. The first kappa shape index (κ1) is 19.6. The van der Waals surface area contributed by atoms with Crippen LogP contribution in [0, 0.1) is 0 Å². The minimum Gasteiger partial charge on any atom is -0.493 e. The number of methoxy groups -OCH3 is 1. The fourth-order valence-corrected chi connectivity index (χ4v) is 2.61. The molecule has 2 rings (SSSR count). The van der Waals surface area contributed by atoms with Gasteiger partial charge in [0.05, 0.1) is 13.2 Å². The van der Waals surface area contributed by atoms with E-state index in [9.17, 15) is 4.79 Å². The van der Waals surface area contributed by atoms with E-state index in [2.05, 4.69) is 5.32 Å². The maximum atomic E-state index is 12.1. The topological polar surface area (TPSA) is 73.6 Å². The molecule has 5 nitrogen and oxygen atoms in total. The Morgan fingerprint density at radius 3 is 2.65 bits per heavy atom. The van der Waals surface area contributed by atoms with E-state index in [1.807, 2.05) is 13.0 Å². The number of nitrogens with two attached hydrogens (primary N) is 1. The van der Waals surface area contributed by atoms with Crippen LogP contribution >= 0.6 is 12.4 Å². The molecule has 0 aliphatic heterocycles. The number of amides is 1. The van der Waals surface area contributed by atoms with Gasteiger partial charge in [0.2, 0.25) is 0 Å². The first-order chi connectivity index (χ1) is 10.6. The Morgan fingerprint density at radius 1 is 1.35 bits per heavy atom. The van der Waals surface area contributed by atoms with Crippen LogP contribution in [0.5, 0.6) is 11.5 Å². The standard InChI is InChI=1S/C17H26N2O3.ClH/c1-12(18)9-10-19-17(20)13-7-8-15(16(11-13)21-2)22-14-5-3-4-6-14;/h7-8,11-12,14H,3-6,9-10,18H2,1-2H3,(H,19,20);1H. The van der Waals surface area contributed by atoms with Crippen molar-refractivity contribution in [3.63, 3.8) is 0 Å². The lowest BCUT2D eigenvalue weighted by atomic mass is 10.1. The number of carbonyl (C=O) groups excluding carboxylic acids is 1. The van der Waals surface area contributed by atoms with Crippen molar-refractivity contribution >= 4 is 18.3 Å². The molecule has 1 aromatic carbocycles. The number of ether oxygens (including phenoxy) is 2. The summed E-state index contributed by atoms with van der Waals surface area (Å²) in [6, 6.07) is 5.40. The van der Waals surface area contributed by atoms with Gasteiger partial charge in [0, 0.05) is 18.2 Å². The van der Waals surface area contributed by atoms with Crippen LogP contribution in [-0.2, 0) is 0 Å². The highest BCUT2D eigenvalue weighted by Crippen LogP contribution is 2.32. The highest BCUT2D eigenvalue weighted by molar-refractivity contribution is 5.94. The summed E-state index contributed by atoms with van der Waals surface area (Å²) in [6.07, 6.45) is 5.62. The quantitative estimate of drug-likeness (QED) is 0.799. The minimum atomic E-state index is -0.119. The highest BCUT2D eigenvalue weighted by Gasteiger charge is 2.19. The minimum absolute atomic E-state index is 0. The maximum Gasteiger partial charge on any atom is 0.251 e. The zero-order chi connectivity index (χ0) is 15.9. The van der Waals surface area contributed by atoms with E-state index in [0.717, 1.165) is 19.3 Å². The Balaban J connectivity index is 0.00000264. The Bertz CT molecular complexity index is 503. The van der Waals surface area contributed by atoms with E-state index in [0.29, 0.717) is 23.6 Å². The van der Waals surface area contributed by atoms with Crippen molar-refractivity contribution < 1.29 is 14.3 Å². The van der Waals surface area contributed by atoms with E-state index in [1.165, 1.54) is 12.8 Å². The van der Waals surface area contributed by atoms with Gasteiger partial charge in [-0.15, -0.1) is 12.4 Å². The highest BCUT2D eigenvalue weighted by atomic mass is 35.5. The Morgan fingerprint density at radius 2 is 2.04 bits per heavy atom. The normalized spacial score (nSPS) is 15.6. The molecule has 1 amide bonds. The Kier molecular flexibility index (Phi) is 8.20. The first-order valence-electron chi connectivity index (χ1n) is 7.98. The molecule has 6 heteroatoms. The van der Waals surface area contributed by atoms with Crippen molar-refractivity contribution in [2.45, 2.75) is 51.2 Å². The van der Waals surface area contributed by atoms with Gasteiger partial charge in [-0.05, 0) is 57.2 Å². The summed E-state index contributed by atoms with van der Waals surface area (Å²) in [5.74, 6) is 1.19. The van der Waals surface area contributed by atoms with Gasteiger partial charge >= 0.3 is 0 Å². The average molecular weight is 343 g/mol. The molecule has 1 aromatic rings. The summed E-state index contributed by atoms with van der Waals surface area (Å²) >= 11 is 0. The molecular formula is C17H27ClN2O3. The van der Waals surface area contributed by atoms with Crippen LogP contribution in [0.2, 0.25) is 0 Å². The number of halogens is 1. The lowest BCUT2D eigenvalue weighted by molar-refractivity contribution is 0.0952. The van der Waals surface area contributed by atoms with Gasteiger partial charge in [0.1, 0.15) is 0 Å². The summed E-state index contributed by atoms with van der Waals surface area (Å²) in [6.45, 7) is 2.49. The predicted octanol–water partition coefficient (Wildman–Crippen LogP) is 2.91. The van der Waals surface area contributed by atoms with Crippen LogP contribution in [0.4, 0.5) is 0 Å². The van der Waals surface area contributed by atoms with Crippen LogP contribution in [0.25, 0.3) is 0 Å². The molecule has 0 aromatic heterocycles. The Hall–Kier alpha value is -1.46. The van der Waals surface area contributed by atoms with Crippen LogP contribution in [-0.4, -0.2) is 31.7 Å². The van der Waals surface area contributed by atoms with E-state index < -0.39 is 0 Å². The van der Waals surface area contributed by atoms with Gasteiger partial charge in [-0.3, -0.25) is 4.79 Å². The number of hydrogen-bond donors (Lipinski definition) is 2. The van der Waals surface area contributed by atoms with Gasteiger partial charge in [-0.25, -0.2) is 0 Å². The molecule has 1 atom stereocenters. The third kappa shape index (κ3) is 5.92. The average Bonchev–Trinajstić information content (AvgIpc) is 3.00. The fourth-order valence-electron chi connectivity index (χ4n) is 2.61. The first-order valence-corrected chi connectivity index (χ1v) is 7.98. The molecule has 0 saturated heterocycles. The van der Waals surface area contributed by atoms with Crippen molar-refractivity contribution in [1.29, 1.82) is 0 Å². The largest absolute Gasteiger partial charge is 0.493 e. The SMILES string of the molecule is COc1cc(C(=O)NCCC(C)N)ccc1OC1CCCC1.Cl. The van der Waals surface area contributed by atoms with Crippen LogP contribution in [0.1, 0.15) is 49.4 Å². The number of nitrogens with one attached hydrogen (secondary N) is 1. The molecule has 1 fully saturated rings. The summed E-state index contributed by atoms with van der Waals surface area (Å²) in [7, 11) is 1.59. The zero-order valence-corrected chi connectivity index (χ0v) is 14.7. The molecule has 0 spiro atoms. The summed E-state index contributed by atoms with van der Waals surface area (Å²) in [5, 5.41) is 2.86.